The third-order valence-electron chi connectivity index (χ3n) is 6.47. The van der Waals surface area contributed by atoms with Crippen LogP contribution in [-0.2, 0) is 17.9 Å². The molecular weight excluding hydrogens is 472 g/mol. The van der Waals surface area contributed by atoms with E-state index in [1.807, 2.05) is 35.4 Å². The molecule has 7 heteroatoms. The van der Waals surface area contributed by atoms with E-state index >= 15 is 0 Å². The van der Waals surface area contributed by atoms with Gasteiger partial charge in [-0.25, -0.2) is 0 Å². The Morgan fingerprint density at radius 1 is 0.972 bits per heavy atom. The van der Waals surface area contributed by atoms with Crippen molar-refractivity contribution in [3.05, 3.63) is 88.7 Å². The number of fused-ring (bicyclic) bond motifs is 1. The molecule has 2 aromatic carbocycles. The van der Waals surface area contributed by atoms with Crippen LogP contribution in [0.2, 0.25) is 5.02 Å². The number of anilines is 2. The minimum Gasteiger partial charge on any atom is -0.322 e. The van der Waals surface area contributed by atoms with Gasteiger partial charge in [-0.3, -0.25) is 19.5 Å². The number of carbonyl (C=O) groups excluding carboxylic acids is 2. The van der Waals surface area contributed by atoms with E-state index in [0.717, 1.165) is 49.2 Å². The van der Waals surface area contributed by atoms with Gasteiger partial charge in [0.25, 0.3) is 5.91 Å². The first kappa shape index (κ1) is 25.9. The van der Waals surface area contributed by atoms with E-state index in [1.165, 1.54) is 12.8 Å². The summed E-state index contributed by atoms with van der Waals surface area (Å²) in [6.07, 6.45) is 9.19. The molecule has 0 spiro atoms. The fraction of sp³-hybridized carbons (Fsp3) is 0.345. The molecule has 0 bridgehead atoms. The summed E-state index contributed by atoms with van der Waals surface area (Å²) in [5.74, 6) is -0.192. The number of aromatic nitrogens is 1. The van der Waals surface area contributed by atoms with E-state index in [1.54, 1.807) is 37.4 Å². The van der Waals surface area contributed by atoms with Crippen molar-refractivity contribution in [2.24, 2.45) is 0 Å². The largest absolute Gasteiger partial charge is 0.322 e. The maximum atomic E-state index is 13.1. The van der Waals surface area contributed by atoms with Gasteiger partial charge < -0.3 is 10.2 Å². The van der Waals surface area contributed by atoms with E-state index in [-0.39, 0.29) is 11.8 Å². The molecule has 1 aliphatic rings. The summed E-state index contributed by atoms with van der Waals surface area (Å²) in [7, 11) is 0. The molecule has 0 atom stereocenters. The van der Waals surface area contributed by atoms with Crippen molar-refractivity contribution in [3.63, 3.8) is 0 Å². The van der Waals surface area contributed by atoms with Gasteiger partial charge in [0.15, 0.2) is 0 Å². The average Bonchev–Trinajstić information content (AvgIpc) is 2.85. The summed E-state index contributed by atoms with van der Waals surface area (Å²) in [6, 6.07) is 16.8. The smallest absolute Gasteiger partial charge is 0.255 e. The number of carbonyl (C=O) groups is 2. The number of hydrogen-bond acceptors (Lipinski definition) is 4. The van der Waals surface area contributed by atoms with E-state index in [9.17, 15) is 9.59 Å². The lowest BCUT2D eigenvalue weighted by Gasteiger charge is -2.29. The summed E-state index contributed by atoms with van der Waals surface area (Å²) in [5, 5.41) is 3.50. The fourth-order valence-electron chi connectivity index (χ4n) is 4.67. The highest BCUT2D eigenvalue weighted by Gasteiger charge is 2.20. The van der Waals surface area contributed by atoms with Crippen LogP contribution in [0.5, 0.6) is 0 Å². The van der Waals surface area contributed by atoms with Crippen molar-refractivity contribution in [1.29, 1.82) is 0 Å². The number of nitrogens with zero attached hydrogens (tertiary/aromatic N) is 3. The first-order valence-corrected chi connectivity index (χ1v) is 13.0. The molecule has 4 rings (SSSR count). The molecule has 2 heterocycles. The van der Waals surface area contributed by atoms with Gasteiger partial charge in [0.1, 0.15) is 0 Å². The minimum absolute atomic E-state index is 0.0169. The van der Waals surface area contributed by atoms with Crippen LogP contribution in [0.3, 0.4) is 0 Å². The first-order valence-electron chi connectivity index (χ1n) is 12.6. The standard InChI is InChI=1S/C29H33ClN4O2/c1-22(35)34-16-6-4-2-3-5-15-33(20-23-9-8-14-31-19-23)21-25-17-24(12-13-28(25)34)29(36)32-27-11-7-10-26(30)18-27/h7-14,17-19H,2-6,15-16,20-21H2,1H3,(H,32,36). The summed E-state index contributed by atoms with van der Waals surface area (Å²) in [4.78, 5) is 34.3. The molecule has 2 amide bonds. The Morgan fingerprint density at radius 3 is 2.53 bits per heavy atom. The SMILES string of the molecule is CC(=O)N1CCCCCCCN(Cc2cccnc2)Cc2cc(C(=O)Nc3cccc(Cl)c3)ccc21. The molecule has 3 aromatic rings. The number of pyridine rings is 1. The summed E-state index contributed by atoms with van der Waals surface area (Å²) in [5.41, 5.74) is 4.17. The molecule has 0 saturated carbocycles. The quantitative estimate of drug-likeness (QED) is 0.452. The van der Waals surface area contributed by atoms with E-state index in [2.05, 4.69) is 21.3 Å². The Balaban J connectivity index is 1.67. The van der Waals surface area contributed by atoms with Gasteiger partial charge >= 0.3 is 0 Å². The number of hydrogen-bond donors (Lipinski definition) is 1. The van der Waals surface area contributed by atoms with Crippen molar-refractivity contribution in [2.75, 3.05) is 23.3 Å². The number of benzene rings is 2. The van der Waals surface area contributed by atoms with Crippen LogP contribution in [-0.4, -0.2) is 34.8 Å². The lowest BCUT2D eigenvalue weighted by molar-refractivity contribution is -0.116. The van der Waals surface area contributed by atoms with Gasteiger partial charge in [-0.15, -0.1) is 0 Å². The highest BCUT2D eigenvalue weighted by molar-refractivity contribution is 6.31. The highest BCUT2D eigenvalue weighted by atomic mass is 35.5. The second-order valence-electron chi connectivity index (χ2n) is 9.32. The Labute approximate surface area is 218 Å². The fourth-order valence-corrected chi connectivity index (χ4v) is 4.86. The Bertz CT molecular complexity index is 1180. The predicted molar refractivity (Wildman–Crippen MR) is 145 cm³/mol. The topological polar surface area (TPSA) is 65.5 Å². The number of nitrogens with one attached hydrogen (secondary N) is 1. The monoisotopic (exact) mass is 504 g/mol. The number of rotatable bonds is 4. The summed E-state index contributed by atoms with van der Waals surface area (Å²) in [6.45, 7) is 4.62. The van der Waals surface area contributed by atoms with Crippen molar-refractivity contribution in [3.8, 4) is 0 Å². The van der Waals surface area contributed by atoms with Crippen molar-refractivity contribution >= 4 is 34.8 Å². The van der Waals surface area contributed by atoms with Crippen LogP contribution >= 0.6 is 11.6 Å². The zero-order valence-electron chi connectivity index (χ0n) is 20.8. The molecular formula is C29H33ClN4O2. The van der Waals surface area contributed by atoms with Crippen LogP contribution in [0.15, 0.2) is 67.0 Å². The van der Waals surface area contributed by atoms with E-state index < -0.39 is 0 Å². The molecule has 1 aromatic heterocycles. The van der Waals surface area contributed by atoms with Crippen LogP contribution in [0, 0.1) is 0 Å². The Kier molecular flexibility index (Phi) is 9.09. The molecule has 1 N–H and O–H groups in total. The molecule has 188 valence electrons. The Hall–Kier alpha value is -3.22. The van der Waals surface area contributed by atoms with Gasteiger partial charge in [0, 0.05) is 60.9 Å². The maximum absolute atomic E-state index is 13.1. The molecule has 0 fully saturated rings. The average molecular weight is 505 g/mol. The minimum atomic E-state index is -0.209. The molecule has 1 aliphatic heterocycles. The highest BCUT2D eigenvalue weighted by Crippen LogP contribution is 2.27. The summed E-state index contributed by atoms with van der Waals surface area (Å²) < 4.78 is 0. The normalized spacial score (nSPS) is 15.3. The lowest BCUT2D eigenvalue weighted by atomic mass is 10.0. The van der Waals surface area contributed by atoms with Gasteiger partial charge in [-0.1, -0.05) is 43.0 Å². The van der Waals surface area contributed by atoms with E-state index in [0.29, 0.717) is 29.4 Å². The lowest BCUT2D eigenvalue weighted by Crippen LogP contribution is -2.32. The third-order valence-corrected chi connectivity index (χ3v) is 6.71. The molecule has 0 unspecified atom stereocenters. The van der Waals surface area contributed by atoms with E-state index in [4.69, 9.17) is 11.6 Å². The molecule has 0 saturated heterocycles. The predicted octanol–water partition coefficient (Wildman–Crippen LogP) is 6.31. The number of halogens is 1. The van der Waals surface area contributed by atoms with Crippen LogP contribution in [0.1, 0.15) is 60.5 Å². The van der Waals surface area contributed by atoms with Gasteiger partial charge in [-0.2, -0.15) is 0 Å². The molecule has 0 aliphatic carbocycles. The molecule has 36 heavy (non-hydrogen) atoms. The second-order valence-corrected chi connectivity index (χ2v) is 9.75. The molecule has 6 nitrogen and oxygen atoms in total. The Morgan fingerprint density at radius 2 is 1.78 bits per heavy atom. The van der Waals surface area contributed by atoms with Gasteiger partial charge in [0.05, 0.1) is 0 Å². The van der Waals surface area contributed by atoms with Crippen molar-refractivity contribution in [1.82, 2.24) is 9.88 Å². The van der Waals surface area contributed by atoms with Crippen molar-refractivity contribution < 1.29 is 9.59 Å². The molecule has 0 radical (unpaired) electrons. The van der Waals surface area contributed by atoms with Crippen LogP contribution in [0.4, 0.5) is 11.4 Å². The van der Waals surface area contributed by atoms with Crippen molar-refractivity contribution in [2.45, 2.75) is 52.1 Å². The summed E-state index contributed by atoms with van der Waals surface area (Å²) >= 11 is 6.09. The van der Waals surface area contributed by atoms with Crippen LogP contribution in [0.25, 0.3) is 0 Å². The number of amides is 2. The first-order chi connectivity index (χ1) is 17.5. The van der Waals surface area contributed by atoms with Gasteiger partial charge in [-0.05, 0) is 73.0 Å². The van der Waals surface area contributed by atoms with Gasteiger partial charge in [0.2, 0.25) is 5.91 Å². The van der Waals surface area contributed by atoms with Crippen LogP contribution < -0.4 is 10.2 Å². The second kappa shape index (κ2) is 12.7. The zero-order valence-corrected chi connectivity index (χ0v) is 21.5. The maximum Gasteiger partial charge on any atom is 0.255 e. The zero-order chi connectivity index (χ0) is 25.3. The third kappa shape index (κ3) is 7.15.